The molecule has 0 bridgehead atoms. The van der Waals surface area contributed by atoms with Gasteiger partial charge in [-0.25, -0.2) is 13.2 Å². The summed E-state index contributed by atoms with van der Waals surface area (Å²) in [5, 5.41) is 19.9. The zero-order valence-corrected chi connectivity index (χ0v) is 16.8. The number of carbonyl (C=O) groups is 1. The molecule has 0 spiro atoms. The molecule has 0 aliphatic carbocycles. The first-order valence-corrected chi connectivity index (χ1v) is 9.17. The Morgan fingerprint density at radius 3 is 2.12 bits per heavy atom. The molecule has 6 nitrogen and oxygen atoms in total. The monoisotopic (exact) mass is 464 g/mol. The van der Waals surface area contributed by atoms with Crippen molar-refractivity contribution in [3.63, 3.8) is 0 Å². The molecule has 33 heavy (non-hydrogen) atoms. The number of benzene rings is 2. The summed E-state index contributed by atoms with van der Waals surface area (Å²) in [4.78, 5) is 25.3. The standard InChI is InChI=1S/C22H13F5N2O4/c1-10-12(7-28)21(31)29(8-11-5-3-2-4-6-11)22(32)14(10)13(30)9-33-20-18(26)16(24)15(23)17(25)19(20)27/h2-6,32H,8-9H2,1H3. The van der Waals surface area contributed by atoms with Gasteiger partial charge in [-0.15, -0.1) is 0 Å². The lowest BCUT2D eigenvalue weighted by atomic mass is 10.0. The average Bonchev–Trinajstić information content (AvgIpc) is 2.80. The highest BCUT2D eigenvalue weighted by molar-refractivity contribution is 6.01. The van der Waals surface area contributed by atoms with Crippen LogP contribution in [0.15, 0.2) is 35.1 Å². The number of nitriles is 1. The van der Waals surface area contributed by atoms with Crippen LogP contribution in [0.4, 0.5) is 22.0 Å². The number of pyridine rings is 1. The van der Waals surface area contributed by atoms with Crippen LogP contribution >= 0.6 is 0 Å². The molecule has 2 aromatic carbocycles. The lowest BCUT2D eigenvalue weighted by Crippen LogP contribution is -2.28. The van der Waals surface area contributed by atoms with Gasteiger partial charge in [-0.05, 0) is 18.1 Å². The summed E-state index contributed by atoms with van der Waals surface area (Å²) in [6.45, 7) is -0.307. The Morgan fingerprint density at radius 1 is 1.03 bits per heavy atom. The van der Waals surface area contributed by atoms with Crippen LogP contribution in [0, 0.1) is 47.3 Å². The van der Waals surface area contributed by atoms with Crippen LogP contribution in [0.1, 0.15) is 27.0 Å². The molecular weight excluding hydrogens is 451 g/mol. The van der Waals surface area contributed by atoms with Crippen LogP contribution in [-0.4, -0.2) is 22.1 Å². The maximum atomic E-state index is 13.8. The molecule has 0 radical (unpaired) electrons. The Labute approximate surface area is 182 Å². The van der Waals surface area contributed by atoms with Gasteiger partial charge in [-0.3, -0.25) is 14.2 Å². The van der Waals surface area contributed by atoms with Crippen molar-refractivity contribution in [1.82, 2.24) is 4.57 Å². The first kappa shape index (κ1) is 23.5. The SMILES string of the molecule is Cc1c(C(=O)COc2c(F)c(F)c(F)c(F)c2F)c(O)n(Cc2ccccc2)c(=O)c1C#N. The summed E-state index contributed by atoms with van der Waals surface area (Å²) in [6, 6.07) is 9.87. The maximum absolute atomic E-state index is 13.8. The fourth-order valence-corrected chi connectivity index (χ4v) is 3.12. The second kappa shape index (κ2) is 9.12. The van der Waals surface area contributed by atoms with E-state index in [1.54, 1.807) is 36.4 Å². The molecule has 0 unspecified atom stereocenters. The van der Waals surface area contributed by atoms with Gasteiger partial charge >= 0.3 is 0 Å². The summed E-state index contributed by atoms with van der Waals surface area (Å²) in [5.74, 6) is -15.2. The molecule has 1 aromatic heterocycles. The third-order valence-corrected chi connectivity index (χ3v) is 4.78. The van der Waals surface area contributed by atoms with E-state index in [0.717, 1.165) is 4.57 Å². The highest BCUT2D eigenvalue weighted by Crippen LogP contribution is 2.30. The summed E-state index contributed by atoms with van der Waals surface area (Å²) in [6.07, 6.45) is 0. The minimum atomic E-state index is -2.40. The molecule has 0 saturated heterocycles. The van der Waals surface area contributed by atoms with E-state index >= 15 is 0 Å². The number of aromatic hydroxyl groups is 1. The van der Waals surface area contributed by atoms with Gasteiger partial charge in [0, 0.05) is 0 Å². The van der Waals surface area contributed by atoms with Crippen LogP contribution in [0.5, 0.6) is 11.6 Å². The number of hydrogen-bond donors (Lipinski definition) is 1. The Balaban J connectivity index is 2.03. The fraction of sp³-hybridized carbons (Fsp3) is 0.136. The number of hydrogen-bond acceptors (Lipinski definition) is 5. The Bertz CT molecular complexity index is 1340. The van der Waals surface area contributed by atoms with E-state index in [1.165, 1.54) is 6.92 Å². The van der Waals surface area contributed by atoms with Gasteiger partial charge in [-0.1, -0.05) is 30.3 Å². The van der Waals surface area contributed by atoms with Crippen LogP contribution < -0.4 is 10.3 Å². The van der Waals surface area contributed by atoms with Crippen molar-refractivity contribution in [3.05, 3.63) is 92.0 Å². The van der Waals surface area contributed by atoms with Gasteiger partial charge in [0.1, 0.15) is 11.6 Å². The molecule has 11 heteroatoms. The predicted molar refractivity (Wildman–Crippen MR) is 103 cm³/mol. The second-order valence-electron chi connectivity index (χ2n) is 6.80. The minimum Gasteiger partial charge on any atom is -0.494 e. The van der Waals surface area contributed by atoms with Gasteiger partial charge in [0.05, 0.1) is 12.1 Å². The minimum absolute atomic E-state index is 0.223. The molecule has 170 valence electrons. The van der Waals surface area contributed by atoms with Crippen molar-refractivity contribution >= 4 is 5.78 Å². The number of rotatable bonds is 6. The maximum Gasteiger partial charge on any atom is 0.271 e. The van der Waals surface area contributed by atoms with Crippen molar-refractivity contribution in [2.75, 3.05) is 6.61 Å². The summed E-state index contributed by atoms with van der Waals surface area (Å²) >= 11 is 0. The predicted octanol–water partition coefficient (Wildman–Crippen LogP) is 3.74. The summed E-state index contributed by atoms with van der Waals surface area (Å²) in [5.41, 5.74) is -1.66. The van der Waals surface area contributed by atoms with Gasteiger partial charge in [0.2, 0.25) is 40.7 Å². The molecule has 1 N–H and O–H groups in total. The molecular formula is C22H13F5N2O4. The Hall–Kier alpha value is -4.20. The first-order chi connectivity index (χ1) is 15.6. The molecule has 3 rings (SSSR count). The lowest BCUT2D eigenvalue weighted by Gasteiger charge is -2.16. The van der Waals surface area contributed by atoms with E-state index in [-0.39, 0.29) is 12.1 Å². The van der Waals surface area contributed by atoms with Crippen molar-refractivity contribution < 1.29 is 36.6 Å². The Kier molecular flexibility index (Phi) is 6.48. The first-order valence-electron chi connectivity index (χ1n) is 9.17. The normalized spacial score (nSPS) is 10.7. The number of ether oxygens (including phenoxy) is 1. The van der Waals surface area contributed by atoms with Gasteiger partial charge in [0.15, 0.2) is 12.4 Å². The molecule has 3 aromatic rings. The number of Topliss-reactive ketones (excluding diaryl/α,β-unsaturated/α-hetero) is 1. The number of carbonyl (C=O) groups excluding carboxylic acids is 1. The molecule has 0 aliphatic rings. The zero-order valence-electron chi connectivity index (χ0n) is 16.8. The number of ketones is 1. The van der Waals surface area contributed by atoms with E-state index in [2.05, 4.69) is 4.74 Å². The molecule has 1 heterocycles. The van der Waals surface area contributed by atoms with Crippen LogP contribution in [0.25, 0.3) is 0 Å². The van der Waals surface area contributed by atoms with Crippen LogP contribution in [0.2, 0.25) is 0 Å². The molecule has 0 atom stereocenters. The summed E-state index contributed by atoms with van der Waals surface area (Å²) in [7, 11) is 0. The molecule has 0 amide bonds. The smallest absolute Gasteiger partial charge is 0.271 e. The largest absolute Gasteiger partial charge is 0.494 e. The van der Waals surface area contributed by atoms with Crippen molar-refractivity contribution in [2.45, 2.75) is 13.5 Å². The van der Waals surface area contributed by atoms with Crippen molar-refractivity contribution in [1.29, 1.82) is 5.26 Å². The summed E-state index contributed by atoms with van der Waals surface area (Å²) < 4.78 is 72.7. The average molecular weight is 464 g/mol. The lowest BCUT2D eigenvalue weighted by molar-refractivity contribution is 0.0908. The highest BCUT2D eigenvalue weighted by Gasteiger charge is 2.29. The fourth-order valence-electron chi connectivity index (χ4n) is 3.12. The number of nitrogens with zero attached hydrogens (tertiary/aromatic N) is 2. The van der Waals surface area contributed by atoms with E-state index in [0.29, 0.717) is 5.56 Å². The quantitative estimate of drug-likeness (QED) is 0.260. The van der Waals surface area contributed by atoms with Crippen molar-refractivity contribution in [3.8, 4) is 17.7 Å². The van der Waals surface area contributed by atoms with Gasteiger partial charge in [0.25, 0.3) is 5.56 Å². The third-order valence-electron chi connectivity index (χ3n) is 4.78. The highest BCUT2D eigenvalue weighted by atomic mass is 19.2. The number of aromatic nitrogens is 1. The topological polar surface area (TPSA) is 92.3 Å². The van der Waals surface area contributed by atoms with Crippen molar-refractivity contribution in [2.24, 2.45) is 0 Å². The Morgan fingerprint density at radius 2 is 1.58 bits per heavy atom. The van der Waals surface area contributed by atoms with Crippen LogP contribution in [-0.2, 0) is 6.54 Å². The third kappa shape index (κ3) is 4.15. The second-order valence-corrected chi connectivity index (χ2v) is 6.80. The zero-order chi connectivity index (χ0) is 24.4. The molecule has 0 aliphatic heterocycles. The van der Waals surface area contributed by atoms with Crippen LogP contribution in [0.3, 0.4) is 0 Å². The molecule has 0 saturated carbocycles. The van der Waals surface area contributed by atoms with E-state index in [4.69, 9.17) is 0 Å². The van der Waals surface area contributed by atoms with E-state index in [1.807, 2.05) is 0 Å². The number of halogens is 5. The van der Waals surface area contributed by atoms with Gasteiger partial charge in [-0.2, -0.15) is 14.0 Å². The molecule has 0 fully saturated rings. The van der Waals surface area contributed by atoms with E-state index < -0.39 is 69.8 Å². The van der Waals surface area contributed by atoms with Gasteiger partial charge < -0.3 is 9.84 Å². The van der Waals surface area contributed by atoms with E-state index in [9.17, 15) is 41.9 Å².